The van der Waals surface area contributed by atoms with Crippen LogP contribution in [0.3, 0.4) is 0 Å². The molecule has 1 heterocycles. The number of barbiturate groups is 1. The number of urea groups is 1. The normalized spacial score (nSPS) is 14.8. The van der Waals surface area contributed by atoms with Crippen LogP contribution < -0.4 is 19.7 Å². The van der Waals surface area contributed by atoms with Gasteiger partial charge in [0.2, 0.25) is 0 Å². The quantitative estimate of drug-likeness (QED) is 0.328. The van der Waals surface area contributed by atoms with Gasteiger partial charge in [0.25, 0.3) is 11.8 Å². The van der Waals surface area contributed by atoms with Crippen molar-refractivity contribution in [2.45, 2.75) is 13.5 Å². The van der Waals surface area contributed by atoms with Crippen molar-refractivity contribution in [3.63, 3.8) is 0 Å². The summed E-state index contributed by atoms with van der Waals surface area (Å²) in [7, 11) is 0. The fourth-order valence-corrected chi connectivity index (χ4v) is 3.85. The number of carbonyl (C=O) groups excluding carboxylic acids is 3. The third-order valence-electron chi connectivity index (χ3n) is 5.11. The van der Waals surface area contributed by atoms with E-state index in [9.17, 15) is 18.8 Å². The largest absolute Gasteiger partial charge is 0.490 e. The lowest BCUT2D eigenvalue weighted by molar-refractivity contribution is -0.122. The average molecular weight is 539 g/mol. The molecule has 0 saturated carbocycles. The molecule has 0 atom stereocenters. The zero-order valence-electron chi connectivity index (χ0n) is 18.6. The molecule has 178 valence electrons. The van der Waals surface area contributed by atoms with Crippen LogP contribution >= 0.6 is 15.9 Å². The third-order valence-corrected chi connectivity index (χ3v) is 5.89. The van der Waals surface area contributed by atoms with E-state index in [0.717, 1.165) is 16.1 Å². The first-order valence-electron chi connectivity index (χ1n) is 10.7. The number of amides is 4. The lowest BCUT2D eigenvalue weighted by atomic mass is 10.1. The summed E-state index contributed by atoms with van der Waals surface area (Å²) in [4.78, 5) is 38.4. The second-order valence-corrected chi connectivity index (χ2v) is 8.28. The van der Waals surface area contributed by atoms with Gasteiger partial charge in [0.1, 0.15) is 18.0 Å². The summed E-state index contributed by atoms with van der Waals surface area (Å²) >= 11 is 3.49. The van der Waals surface area contributed by atoms with Gasteiger partial charge >= 0.3 is 6.03 Å². The van der Waals surface area contributed by atoms with E-state index in [0.29, 0.717) is 35.2 Å². The summed E-state index contributed by atoms with van der Waals surface area (Å²) < 4.78 is 26.8. The molecule has 3 aromatic carbocycles. The lowest BCUT2D eigenvalue weighted by Crippen LogP contribution is -2.54. The number of hydrogen-bond acceptors (Lipinski definition) is 5. The Morgan fingerprint density at radius 2 is 1.71 bits per heavy atom. The summed E-state index contributed by atoms with van der Waals surface area (Å²) in [6.07, 6.45) is 1.32. The van der Waals surface area contributed by atoms with Crippen molar-refractivity contribution in [1.29, 1.82) is 0 Å². The average Bonchev–Trinajstić information content (AvgIpc) is 2.83. The summed E-state index contributed by atoms with van der Waals surface area (Å²) in [5, 5.41) is 2.08. The Hall–Kier alpha value is -3.98. The van der Waals surface area contributed by atoms with Gasteiger partial charge < -0.3 is 9.47 Å². The molecule has 4 rings (SSSR count). The number of halogens is 2. The molecule has 0 aliphatic carbocycles. The highest BCUT2D eigenvalue weighted by molar-refractivity contribution is 9.10. The zero-order valence-corrected chi connectivity index (χ0v) is 20.2. The van der Waals surface area contributed by atoms with Crippen molar-refractivity contribution in [3.8, 4) is 11.5 Å². The Labute approximate surface area is 209 Å². The highest BCUT2D eigenvalue weighted by Gasteiger charge is 2.38. The number of hydrogen-bond donors (Lipinski definition) is 1. The molecule has 35 heavy (non-hydrogen) atoms. The van der Waals surface area contributed by atoms with E-state index < -0.39 is 23.7 Å². The molecular formula is C26H20BrFN2O5. The fourth-order valence-electron chi connectivity index (χ4n) is 3.45. The Balaban J connectivity index is 1.63. The predicted molar refractivity (Wildman–Crippen MR) is 131 cm³/mol. The lowest BCUT2D eigenvalue weighted by Gasteiger charge is -2.26. The minimum atomic E-state index is -1.02. The fraction of sp³-hybridized carbons (Fsp3) is 0.115. The van der Waals surface area contributed by atoms with Crippen LogP contribution in [0.5, 0.6) is 11.5 Å². The molecule has 7 nitrogen and oxygen atoms in total. The van der Waals surface area contributed by atoms with Crippen LogP contribution in [0.4, 0.5) is 14.9 Å². The minimum absolute atomic E-state index is 0.251. The molecule has 1 aliphatic heterocycles. The molecule has 1 aliphatic rings. The number of para-hydroxylation sites is 1. The standard InChI is InChI=1S/C26H20BrFN2O5/c1-2-34-23-14-16(11-12-22(23)35-15-17-7-3-4-8-19(17)27)13-18-24(31)29-26(33)30(25(18)32)21-10-6-5-9-20(21)28/h3-14H,2,15H2,1H3,(H,29,31,33)/b18-13-. The van der Waals surface area contributed by atoms with E-state index in [-0.39, 0.29) is 11.3 Å². The van der Waals surface area contributed by atoms with Gasteiger partial charge in [0.15, 0.2) is 11.5 Å². The molecular weight excluding hydrogens is 519 g/mol. The van der Waals surface area contributed by atoms with Crippen LogP contribution in [0.1, 0.15) is 18.1 Å². The van der Waals surface area contributed by atoms with Crippen LogP contribution in [0.15, 0.2) is 76.8 Å². The number of ether oxygens (including phenoxy) is 2. The number of carbonyl (C=O) groups is 3. The summed E-state index contributed by atoms with van der Waals surface area (Å²) in [5.74, 6) is -1.68. The second-order valence-electron chi connectivity index (χ2n) is 7.43. The summed E-state index contributed by atoms with van der Waals surface area (Å²) in [6, 6.07) is 16.9. The Kier molecular flexibility index (Phi) is 7.26. The highest BCUT2D eigenvalue weighted by atomic mass is 79.9. The van der Waals surface area contributed by atoms with E-state index in [1.807, 2.05) is 31.2 Å². The molecule has 0 radical (unpaired) electrons. The topological polar surface area (TPSA) is 84.9 Å². The van der Waals surface area contributed by atoms with Crippen LogP contribution in [-0.2, 0) is 16.2 Å². The van der Waals surface area contributed by atoms with Crippen LogP contribution in [0, 0.1) is 5.82 Å². The number of rotatable bonds is 7. The predicted octanol–water partition coefficient (Wildman–Crippen LogP) is 5.23. The maximum atomic E-state index is 14.3. The Morgan fingerprint density at radius 1 is 0.971 bits per heavy atom. The van der Waals surface area contributed by atoms with Gasteiger partial charge in [-0.25, -0.2) is 14.1 Å². The van der Waals surface area contributed by atoms with E-state index in [1.165, 1.54) is 24.3 Å². The molecule has 0 unspecified atom stereocenters. The van der Waals surface area contributed by atoms with Crippen molar-refractivity contribution < 1.29 is 28.2 Å². The van der Waals surface area contributed by atoms with Crippen molar-refractivity contribution >= 4 is 45.5 Å². The van der Waals surface area contributed by atoms with Crippen molar-refractivity contribution in [1.82, 2.24) is 5.32 Å². The van der Waals surface area contributed by atoms with Gasteiger partial charge in [-0.3, -0.25) is 14.9 Å². The number of anilines is 1. The third kappa shape index (κ3) is 5.25. The first kappa shape index (κ1) is 24.2. The zero-order chi connectivity index (χ0) is 24.9. The van der Waals surface area contributed by atoms with Gasteiger partial charge in [0.05, 0.1) is 12.3 Å². The molecule has 4 amide bonds. The number of benzene rings is 3. The van der Waals surface area contributed by atoms with Crippen LogP contribution in [0.2, 0.25) is 0 Å². The number of nitrogens with zero attached hydrogens (tertiary/aromatic N) is 1. The Morgan fingerprint density at radius 3 is 2.46 bits per heavy atom. The Bertz CT molecular complexity index is 1340. The van der Waals surface area contributed by atoms with E-state index in [2.05, 4.69) is 21.2 Å². The van der Waals surface area contributed by atoms with E-state index in [4.69, 9.17) is 9.47 Å². The molecule has 0 bridgehead atoms. The maximum absolute atomic E-state index is 14.3. The van der Waals surface area contributed by atoms with E-state index in [1.54, 1.807) is 18.2 Å². The van der Waals surface area contributed by atoms with Gasteiger partial charge in [-0.15, -0.1) is 0 Å². The van der Waals surface area contributed by atoms with Crippen molar-refractivity contribution in [2.75, 3.05) is 11.5 Å². The van der Waals surface area contributed by atoms with Gasteiger partial charge in [-0.1, -0.05) is 52.3 Å². The molecule has 0 spiro atoms. The minimum Gasteiger partial charge on any atom is -0.490 e. The smallest absolute Gasteiger partial charge is 0.336 e. The van der Waals surface area contributed by atoms with Crippen LogP contribution in [-0.4, -0.2) is 24.5 Å². The maximum Gasteiger partial charge on any atom is 0.336 e. The first-order valence-corrected chi connectivity index (χ1v) is 11.5. The second kappa shape index (κ2) is 10.5. The highest BCUT2D eigenvalue weighted by Crippen LogP contribution is 2.32. The number of imide groups is 2. The molecule has 1 saturated heterocycles. The summed E-state index contributed by atoms with van der Waals surface area (Å²) in [6.45, 7) is 2.47. The van der Waals surface area contributed by atoms with Gasteiger partial charge in [0, 0.05) is 10.0 Å². The monoisotopic (exact) mass is 538 g/mol. The van der Waals surface area contributed by atoms with Crippen molar-refractivity contribution in [3.05, 3.63) is 93.7 Å². The molecule has 3 aromatic rings. The van der Waals surface area contributed by atoms with Crippen LogP contribution in [0.25, 0.3) is 6.08 Å². The molecule has 1 N–H and O–H groups in total. The molecule has 9 heteroatoms. The van der Waals surface area contributed by atoms with E-state index >= 15 is 0 Å². The van der Waals surface area contributed by atoms with Gasteiger partial charge in [-0.05, 0) is 48.9 Å². The SMILES string of the molecule is CCOc1cc(/C=C2/C(=O)NC(=O)N(c3ccccc3F)C2=O)ccc1OCc1ccccc1Br. The summed E-state index contributed by atoms with van der Waals surface area (Å²) in [5.41, 5.74) is 0.836. The van der Waals surface area contributed by atoms with Gasteiger partial charge in [-0.2, -0.15) is 0 Å². The molecule has 0 aromatic heterocycles. The number of nitrogens with one attached hydrogen (secondary N) is 1. The van der Waals surface area contributed by atoms with Crippen molar-refractivity contribution in [2.24, 2.45) is 0 Å². The molecule has 1 fully saturated rings. The first-order chi connectivity index (χ1) is 16.9.